The third kappa shape index (κ3) is 1.94. The minimum Gasteiger partial charge on any atom is -0.299 e. The van der Waals surface area contributed by atoms with Crippen LogP contribution in [0.3, 0.4) is 0 Å². The molecule has 2 fully saturated rings. The summed E-state index contributed by atoms with van der Waals surface area (Å²) in [4.78, 5) is 12.4. The summed E-state index contributed by atoms with van der Waals surface area (Å²) in [6.45, 7) is 9.08. The smallest absolute Gasteiger partial charge is 0.139 e. The molecular formula is C15H26O. The molecule has 0 spiro atoms. The first-order valence-electron chi connectivity index (χ1n) is 7.06. The Kier molecular flexibility index (Phi) is 3.42. The van der Waals surface area contributed by atoms with Crippen LogP contribution in [-0.2, 0) is 4.79 Å². The van der Waals surface area contributed by atoms with Gasteiger partial charge in [-0.05, 0) is 42.9 Å². The van der Waals surface area contributed by atoms with Crippen LogP contribution in [0.2, 0.25) is 0 Å². The van der Waals surface area contributed by atoms with Gasteiger partial charge in [0.25, 0.3) is 0 Å². The van der Waals surface area contributed by atoms with E-state index in [1.807, 2.05) is 0 Å². The summed E-state index contributed by atoms with van der Waals surface area (Å²) >= 11 is 0. The van der Waals surface area contributed by atoms with Crippen LogP contribution >= 0.6 is 0 Å². The van der Waals surface area contributed by atoms with Gasteiger partial charge in [0.15, 0.2) is 0 Å². The summed E-state index contributed by atoms with van der Waals surface area (Å²) in [6, 6.07) is 0. The van der Waals surface area contributed by atoms with Crippen LogP contribution in [-0.4, -0.2) is 5.78 Å². The lowest BCUT2D eigenvalue weighted by Gasteiger charge is -2.47. The van der Waals surface area contributed by atoms with Crippen molar-refractivity contribution < 1.29 is 4.79 Å². The molecule has 0 aromatic rings. The molecule has 1 heteroatoms. The molecule has 0 aromatic carbocycles. The SMILES string of the molecule is CC(C)[C@@H]1CC[C@@H](C)[C@@H]2CC[C@H](C)C(=O)[C@@H]21. The van der Waals surface area contributed by atoms with Crippen molar-refractivity contribution >= 4 is 5.78 Å². The van der Waals surface area contributed by atoms with E-state index in [1.165, 1.54) is 19.3 Å². The molecule has 0 N–H and O–H groups in total. The van der Waals surface area contributed by atoms with Crippen LogP contribution in [0, 0.1) is 35.5 Å². The van der Waals surface area contributed by atoms with Gasteiger partial charge in [-0.25, -0.2) is 0 Å². The molecule has 0 unspecified atom stereocenters. The number of fused-ring (bicyclic) bond motifs is 1. The molecule has 92 valence electrons. The van der Waals surface area contributed by atoms with E-state index in [4.69, 9.17) is 0 Å². The third-order valence-corrected chi connectivity index (χ3v) is 5.21. The van der Waals surface area contributed by atoms with Crippen molar-refractivity contribution in [1.29, 1.82) is 0 Å². The highest BCUT2D eigenvalue weighted by Gasteiger charge is 2.46. The molecular weight excluding hydrogens is 196 g/mol. The summed E-state index contributed by atoms with van der Waals surface area (Å²) in [6.07, 6.45) is 5.04. The van der Waals surface area contributed by atoms with E-state index in [9.17, 15) is 4.79 Å². The maximum atomic E-state index is 12.4. The highest BCUT2D eigenvalue weighted by Crippen LogP contribution is 2.48. The molecule has 2 saturated carbocycles. The highest BCUT2D eigenvalue weighted by atomic mass is 16.1. The Balaban J connectivity index is 2.23. The van der Waals surface area contributed by atoms with Crippen molar-refractivity contribution in [2.24, 2.45) is 35.5 Å². The van der Waals surface area contributed by atoms with Gasteiger partial charge in [-0.1, -0.05) is 34.1 Å². The largest absolute Gasteiger partial charge is 0.299 e. The van der Waals surface area contributed by atoms with Gasteiger partial charge >= 0.3 is 0 Å². The molecule has 0 aromatic heterocycles. The van der Waals surface area contributed by atoms with Crippen molar-refractivity contribution in [2.75, 3.05) is 0 Å². The summed E-state index contributed by atoms with van der Waals surface area (Å²) in [7, 11) is 0. The predicted molar refractivity (Wildman–Crippen MR) is 67.1 cm³/mol. The fourth-order valence-corrected chi connectivity index (χ4v) is 4.07. The maximum Gasteiger partial charge on any atom is 0.139 e. The number of hydrogen-bond acceptors (Lipinski definition) is 1. The Morgan fingerprint density at radius 2 is 1.75 bits per heavy atom. The van der Waals surface area contributed by atoms with E-state index in [-0.39, 0.29) is 0 Å². The first-order valence-corrected chi connectivity index (χ1v) is 7.06. The van der Waals surface area contributed by atoms with Gasteiger partial charge in [0.1, 0.15) is 5.78 Å². The summed E-state index contributed by atoms with van der Waals surface area (Å²) in [5.74, 6) is 4.12. The lowest BCUT2D eigenvalue weighted by atomic mass is 9.57. The zero-order valence-corrected chi connectivity index (χ0v) is 11.2. The molecule has 0 radical (unpaired) electrons. The first-order chi connectivity index (χ1) is 7.52. The number of carbonyl (C=O) groups excluding carboxylic acids is 1. The normalized spacial score (nSPS) is 44.6. The number of Topliss-reactive ketones (excluding diaryl/α,β-unsaturated/α-hetero) is 1. The Hall–Kier alpha value is -0.330. The second-order valence-corrected chi connectivity index (χ2v) is 6.53. The van der Waals surface area contributed by atoms with Gasteiger partial charge in [0, 0.05) is 11.8 Å². The first kappa shape index (κ1) is 12.1. The van der Waals surface area contributed by atoms with Gasteiger partial charge in [-0.2, -0.15) is 0 Å². The lowest BCUT2D eigenvalue weighted by molar-refractivity contribution is -0.138. The van der Waals surface area contributed by atoms with E-state index >= 15 is 0 Å². The molecule has 16 heavy (non-hydrogen) atoms. The summed E-state index contributed by atoms with van der Waals surface area (Å²) in [5.41, 5.74) is 0. The molecule has 0 saturated heterocycles. The Morgan fingerprint density at radius 1 is 1.06 bits per heavy atom. The number of ketones is 1. The van der Waals surface area contributed by atoms with Crippen LogP contribution in [0.4, 0.5) is 0 Å². The molecule has 5 atom stereocenters. The average Bonchev–Trinajstić information content (AvgIpc) is 2.23. The standard InChI is InChI=1S/C15H26O/c1-9(2)12-7-5-10(3)13-8-6-11(4)15(16)14(12)13/h9-14H,5-8H2,1-4H3/t10-,11+,12+,13+,14-/m1/s1. The zero-order valence-electron chi connectivity index (χ0n) is 11.2. The molecule has 0 aliphatic heterocycles. The fourth-order valence-electron chi connectivity index (χ4n) is 4.07. The topological polar surface area (TPSA) is 17.1 Å². The third-order valence-electron chi connectivity index (χ3n) is 5.21. The van der Waals surface area contributed by atoms with Crippen molar-refractivity contribution in [3.8, 4) is 0 Å². The van der Waals surface area contributed by atoms with Crippen LogP contribution < -0.4 is 0 Å². The van der Waals surface area contributed by atoms with E-state index < -0.39 is 0 Å². The van der Waals surface area contributed by atoms with Crippen LogP contribution in [0.15, 0.2) is 0 Å². The Labute approximate surface area is 100.0 Å². The number of carbonyl (C=O) groups is 1. The van der Waals surface area contributed by atoms with Crippen LogP contribution in [0.1, 0.15) is 53.4 Å². The molecule has 0 amide bonds. The fraction of sp³-hybridized carbons (Fsp3) is 0.933. The minimum atomic E-state index is 0.327. The Morgan fingerprint density at radius 3 is 2.38 bits per heavy atom. The van der Waals surface area contributed by atoms with Gasteiger partial charge < -0.3 is 0 Å². The number of rotatable bonds is 1. The highest BCUT2D eigenvalue weighted by molar-refractivity contribution is 5.84. The summed E-state index contributed by atoms with van der Waals surface area (Å²) in [5, 5.41) is 0. The van der Waals surface area contributed by atoms with Crippen LogP contribution in [0.5, 0.6) is 0 Å². The van der Waals surface area contributed by atoms with E-state index in [2.05, 4.69) is 27.7 Å². The quantitative estimate of drug-likeness (QED) is 0.657. The van der Waals surface area contributed by atoms with E-state index in [0.29, 0.717) is 35.4 Å². The summed E-state index contributed by atoms with van der Waals surface area (Å²) < 4.78 is 0. The zero-order chi connectivity index (χ0) is 11.9. The molecule has 0 bridgehead atoms. The monoisotopic (exact) mass is 222 g/mol. The van der Waals surface area contributed by atoms with Gasteiger partial charge in [-0.3, -0.25) is 4.79 Å². The van der Waals surface area contributed by atoms with Gasteiger partial charge in [-0.15, -0.1) is 0 Å². The van der Waals surface area contributed by atoms with E-state index in [1.54, 1.807) is 0 Å². The van der Waals surface area contributed by atoms with Crippen LogP contribution in [0.25, 0.3) is 0 Å². The molecule has 2 aliphatic carbocycles. The number of hydrogen-bond donors (Lipinski definition) is 0. The Bertz CT molecular complexity index is 265. The molecule has 0 heterocycles. The van der Waals surface area contributed by atoms with Crippen molar-refractivity contribution in [1.82, 2.24) is 0 Å². The lowest BCUT2D eigenvalue weighted by Crippen LogP contribution is -2.45. The molecule has 1 nitrogen and oxygen atoms in total. The maximum absolute atomic E-state index is 12.4. The van der Waals surface area contributed by atoms with E-state index in [0.717, 1.165) is 12.3 Å². The molecule has 2 aliphatic rings. The van der Waals surface area contributed by atoms with Crippen molar-refractivity contribution in [3.63, 3.8) is 0 Å². The molecule has 2 rings (SSSR count). The second-order valence-electron chi connectivity index (χ2n) is 6.53. The predicted octanol–water partition coefficient (Wildman–Crippen LogP) is 3.92. The minimum absolute atomic E-state index is 0.327. The van der Waals surface area contributed by atoms with Gasteiger partial charge in [0.2, 0.25) is 0 Å². The van der Waals surface area contributed by atoms with Crippen molar-refractivity contribution in [3.05, 3.63) is 0 Å². The van der Waals surface area contributed by atoms with Crippen molar-refractivity contribution in [2.45, 2.75) is 53.4 Å². The average molecular weight is 222 g/mol. The van der Waals surface area contributed by atoms with Gasteiger partial charge in [0.05, 0.1) is 0 Å². The second kappa shape index (κ2) is 4.50.